The van der Waals surface area contributed by atoms with Crippen molar-refractivity contribution in [2.45, 2.75) is 46.2 Å². The van der Waals surface area contributed by atoms with Crippen molar-refractivity contribution in [3.63, 3.8) is 0 Å². The highest BCUT2D eigenvalue weighted by Gasteiger charge is 2.22. The highest BCUT2D eigenvalue weighted by Crippen LogP contribution is 2.29. The maximum atomic E-state index is 4.99. The van der Waals surface area contributed by atoms with Crippen molar-refractivity contribution in [2.24, 2.45) is 0 Å². The van der Waals surface area contributed by atoms with Gasteiger partial charge in [0, 0.05) is 44.6 Å². The number of aryl methyl sites for hydroxylation is 1. The van der Waals surface area contributed by atoms with Crippen LogP contribution in [0.5, 0.6) is 0 Å². The van der Waals surface area contributed by atoms with Gasteiger partial charge in [0.2, 0.25) is 5.95 Å². The van der Waals surface area contributed by atoms with Gasteiger partial charge in [-0.3, -0.25) is 4.68 Å². The fourth-order valence-corrected chi connectivity index (χ4v) is 4.16. The normalized spacial score (nSPS) is 16.6. The summed E-state index contributed by atoms with van der Waals surface area (Å²) in [7, 11) is 0. The maximum absolute atomic E-state index is 4.99. The van der Waals surface area contributed by atoms with E-state index in [1.165, 1.54) is 5.56 Å². The van der Waals surface area contributed by atoms with E-state index in [0.29, 0.717) is 0 Å². The zero-order valence-corrected chi connectivity index (χ0v) is 19.2. The quantitative estimate of drug-likeness (QED) is 0.482. The number of anilines is 2. The van der Waals surface area contributed by atoms with Crippen LogP contribution in [-0.2, 0) is 0 Å². The molecule has 0 saturated carbocycles. The van der Waals surface area contributed by atoms with Gasteiger partial charge in [0.25, 0.3) is 0 Å². The number of fused-ring (bicyclic) bond motifs is 2. The van der Waals surface area contributed by atoms with Crippen LogP contribution in [0.3, 0.4) is 0 Å². The minimum Gasteiger partial charge on any atom is -0.360 e. The molecule has 2 N–H and O–H groups in total. The van der Waals surface area contributed by atoms with E-state index in [0.717, 1.165) is 66.7 Å². The van der Waals surface area contributed by atoms with E-state index in [9.17, 15) is 0 Å². The molecule has 2 atom stereocenters. The van der Waals surface area contributed by atoms with Crippen molar-refractivity contribution in [1.82, 2.24) is 34.4 Å². The Balaban J connectivity index is 1.55. The zero-order valence-electron chi connectivity index (χ0n) is 19.2. The molecule has 0 radical (unpaired) electrons. The number of nitrogens with zero attached hydrogens (tertiary/aromatic N) is 7. The zero-order chi connectivity index (χ0) is 22.2. The fourth-order valence-electron chi connectivity index (χ4n) is 4.16. The summed E-state index contributed by atoms with van der Waals surface area (Å²) in [6.07, 6.45) is 6.97. The summed E-state index contributed by atoms with van der Waals surface area (Å²) in [6, 6.07) is 4.42. The molecule has 0 spiro atoms. The van der Waals surface area contributed by atoms with Crippen molar-refractivity contribution >= 4 is 28.4 Å². The number of nitrogens with one attached hydrogen (secondary N) is 2. The molecule has 4 aromatic heterocycles. The first-order chi connectivity index (χ1) is 15.5. The van der Waals surface area contributed by atoms with Gasteiger partial charge in [-0.2, -0.15) is 10.1 Å². The predicted octanol–water partition coefficient (Wildman–Crippen LogP) is 3.34. The van der Waals surface area contributed by atoms with Crippen molar-refractivity contribution in [3.8, 4) is 0 Å². The third-order valence-electron chi connectivity index (χ3n) is 6.27. The van der Waals surface area contributed by atoms with Gasteiger partial charge in [0.15, 0.2) is 5.82 Å². The molecule has 32 heavy (non-hydrogen) atoms. The Labute approximate surface area is 187 Å². The van der Waals surface area contributed by atoms with Gasteiger partial charge in [0.1, 0.15) is 16.7 Å². The molecular formula is C23H31N9. The highest BCUT2D eigenvalue weighted by molar-refractivity contribution is 5.87. The molecule has 0 amide bonds. The highest BCUT2D eigenvalue weighted by atomic mass is 15.3. The molecule has 0 aromatic carbocycles. The maximum Gasteiger partial charge on any atom is 0.228 e. The van der Waals surface area contributed by atoms with Crippen molar-refractivity contribution in [1.29, 1.82) is 0 Å². The first-order valence-electron chi connectivity index (χ1n) is 11.5. The number of imidazole rings is 1. The van der Waals surface area contributed by atoms with Crippen LogP contribution in [0.1, 0.15) is 50.5 Å². The number of hydrogen-bond donors (Lipinski definition) is 2. The molecule has 1 fully saturated rings. The summed E-state index contributed by atoms with van der Waals surface area (Å²) in [4.78, 5) is 16.9. The minimum absolute atomic E-state index is 0.0236. The van der Waals surface area contributed by atoms with Gasteiger partial charge in [-0.05, 0) is 44.9 Å². The number of pyridine rings is 1. The van der Waals surface area contributed by atoms with E-state index in [4.69, 9.17) is 15.0 Å². The van der Waals surface area contributed by atoms with Crippen LogP contribution in [0.4, 0.5) is 11.8 Å². The Morgan fingerprint density at radius 2 is 1.97 bits per heavy atom. The van der Waals surface area contributed by atoms with Crippen molar-refractivity contribution in [3.05, 3.63) is 42.0 Å². The van der Waals surface area contributed by atoms with Gasteiger partial charge < -0.3 is 19.9 Å². The van der Waals surface area contributed by atoms with E-state index < -0.39 is 0 Å². The molecule has 5 heterocycles. The number of aromatic nitrogens is 6. The van der Waals surface area contributed by atoms with Crippen LogP contribution in [0.15, 0.2) is 30.7 Å². The van der Waals surface area contributed by atoms with E-state index in [1.807, 2.05) is 10.9 Å². The lowest BCUT2D eigenvalue weighted by Gasteiger charge is -2.28. The minimum atomic E-state index is -0.0236. The Hall–Kier alpha value is -3.20. The Bertz CT molecular complexity index is 1240. The summed E-state index contributed by atoms with van der Waals surface area (Å²) in [5.74, 6) is 1.56. The molecule has 0 bridgehead atoms. The van der Waals surface area contributed by atoms with Crippen molar-refractivity contribution in [2.75, 3.05) is 36.4 Å². The predicted molar refractivity (Wildman–Crippen MR) is 127 cm³/mol. The largest absolute Gasteiger partial charge is 0.360 e. The van der Waals surface area contributed by atoms with E-state index in [-0.39, 0.29) is 12.1 Å². The molecule has 168 valence electrons. The van der Waals surface area contributed by atoms with Gasteiger partial charge in [0.05, 0.1) is 17.9 Å². The topological polar surface area (TPSA) is 88.2 Å². The molecular weight excluding hydrogens is 402 g/mol. The Kier molecular flexibility index (Phi) is 5.42. The SMILES string of the molecule is CCC(C)n1ncc2nc(N3CCNCC3)nc(N[C@H](C)c3cn4ccc(C)cc4n3)c21. The molecule has 1 aliphatic heterocycles. The lowest BCUT2D eigenvalue weighted by Crippen LogP contribution is -2.44. The van der Waals surface area contributed by atoms with Gasteiger partial charge in [-0.15, -0.1) is 0 Å². The lowest BCUT2D eigenvalue weighted by molar-refractivity contribution is 0.493. The molecule has 1 saturated heterocycles. The molecule has 9 nitrogen and oxygen atoms in total. The number of rotatable bonds is 6. The second kappa shape index (κ2) is 8.38. The summed E-state index contributed by atoms with van der Waals surface area (Å²) in [6.45, 7) is 12.2. The van der Waals surface area contributed by atoms with Gasteiger partial charge in [-0.1, -0.05) is 6.92 Å². The van der Waals surface area contributed by atoms with Crippen LogP contribution in [0.2, 0.25) is 0 Å². The molecule has 4 aromatic rings. The second-order valence-electron chi connectivity index (χ2n) is 8.69. The van der Waals surface area contributed by atoms with E-state index in [1.54, 1.807) is 0 Å². The summed E-state index contributed by atoms with van der Waals surface area (Å²) >= 11 is 0. The molecule has 1 unspecified atom stereocenters. The third-order valence-corrected chi connectivity index (χ3v) is 6.27. The second-order valence-corrected chi connectivity index (χ2v) is 8.69. The monoisotopic (exact) mass is 433 g/mol. The van der Waals surface area contributed by atoms with Gasteiger partial charge >= 0.3 is 0 Å². The molecule has 0 aliphatic carbocycles. The summed E-state index contributed by atoms with van der Waals surface area (Å²) in [5, 5.41) is 11.7. The standard InChI is InChI=1S/C23H31N9/c1-5-16(3)32-21-18(13-25-32)28-23(30-10-7-24-8-11-30)29-22(21)26-17(4)19-14-31-9-6-15(2)12-20(31)27-19/h6,9,12-14,16-17,24H,5,7-8,10-11H2,1-4H3,(H,26,28,29)/t16?,17-/m1/s1. The first-order valence-corrected chi connectivity index (χ1v) is 11.5. The van der Waals surface area contributed by atoms with Crippen molar-refractivity contribution < 1.29 is 0 Å². The molecule has 1 aliphatic rings. The first kappa shape index (κ1) is 20.7. The molecule has 5 rings (SSSR count). The van der Waals surface area contributed by atoms with E-state index >= 15 is 0 Å². The third kappa shape index (κ3) is 3.77. The molecule has 9 heteroatoms. The average Bonchev–Trinajstić information content (AvgIpc) is 3.43. The van der Waals surface area contributed by atoms with E-state index in [2.05, 4.69) is 77.3 Å². The fraction of sp³-hybridized carbons (Fsp3) is 0.478. The number of piperazine rings is 1. The average molecular weight is 434 g/mol. The van der Waals surface area contributed by atoms with Crippen LogP contribution in [0, 0.1) is 6.92 Å². The Morgan fingerprint density at radius 3 is 2.75 bits per heavy atom. The van der Waals surface area contributed by atoms with Crippen LogP contribution in [-0.4, -0.2) is 55.3 Å². The summed E-state index contributed by atoms with van der Waals surface area (Å²) < 4.78 is 4.10. The van der Waals surface area contributed by atoms with Crippen LogP contribution in [0.25, 0.3) is 16.7 Å². The van der Waals surface area contributed by atoms with Crippen LogP contribution >= 0.6 is 0 Å². The lowest BCUT2D eigenvalue weighted by atomic mass is 10.2. The number of hydrogen-bond acceptors (Lipinski definition) is 7. The van der Waals surface area contributed by atoms with Crippen LogP contribution < -0.4 is 15.5 Å². The van der Waals surface area contributed by atoms with Gasteiger partial charge in [-0.25, -0.2) is 9.97 Å². The Morgan fingerprint density at radius 1 is 1.16 bits per heavy atom. The summed E-state index contributed by atoms with van der Waals surface area (Å²) in [5.41, 5.74) is 4.94. The smallest absolute Gasteiger partial charge is 0.228 e.